The predicted molar refractivity (Wildman–Crippen MR) is 118 cm³/mol. The number of hydrogen-bond donors (Lipinski definition) is 1. The van der Waals surface area contributed by atoms with E-state index in [1.807, 2.05) is 38.1 Å². The van der Waals surface area contributed by atoms with Crippen LogP contribution in [0.15, 0.2) is 65.1 Å². The van der Waals surface area contributed by atoms with Crippen molar-refractivity contribution in [1.82, 2.24) is 0 Å². The fourth-order valence-corrected chi connectivity index (χ4v) is 3.74. The van der Waals surface area contributed by atoms with Gasteiger partial charge >= 0.3 is 0 Å². The van der Waals surface area contributed by atoms with E-state index >= 15 is 0 Å². The van der Waals surface area contributed by atoms with Gasteiger partial charge in [-0.3, -0.25) is 4.79 Å². The van der Waals surface area contributed by atoms with Gasteiger partial charge in [0.15, 0.2) is 0 Å². The van der Waals surface area contributed by atoms with Crippen LogP contribution in [-0.2, 0) is 6.42 Å². The maximum absolute atomic E-state index is 12.7. The summed E-state index contributed by atoms with van der Waals surface area (Å²) in [5.41, 5.74) is 6.00. The minimum Gasteiger partial charge on any atom is -0.492 e. The number of nitrogens with one attached hydrogen (secondary N) is 1. The molecule has 144 valence electrons. The monoisotopic (exact) mass is 437 g/mol. The first kappa shape index (κ1) is 20.2. The number of amides is 1. The third kappa shape index (κ3) is 5.02. The average Bonchev–Trinajstić information content (AvgIpc) is 2.66. The normalized spacial score (nSPS) is 10.6. The van der Waals surface area contributed by atoms with Crippen molar-refractivity contribution >= 4 is 27.5 Å². The summed E-state index contributed by atoms with van der Waals surface area (Å²) >= 11 is 3.52. The molecule has 3 aromatic carbocycles. The molecule has 1 amide bonds. The van der Waals surface area contributed by atoms with E-state index in [0.29, 0.717) is 12.2 Å². The summed E-state index contributed by atoms with van der Waals surface area (Å²) in [7, 11) is 0. The zero-order valence-electron chi connectivity index (χ0n) is 16.4. The maximum Gasteiger partial charge on any atom is 0.255 e. The molecule has 0 unspecified atom stereocenters. The Kier molecular flexibility index (Phi) is 6.53. The van der Waals surface area contributed by atoms with Crippen LogP contribution in [0.3, 0.4) is 0 Å². The number of halogens is 1. The second-order valence-electron chi connectivity index (χ2n) is 6.96. The lowest BCUT2D eigenvalue weighted by Gasteiger charge is -2.14. The van der Waals surface area contributed by atoms with Gasteiger partial charge in [-0.05, 0) is 71.6 Å². The van der Waals surface area contributed by atoms with Crippen molar-refractivity contribution < 1.29 is 9.53 Å². The van der Waals surface area contributed by atoms with Crippen molar-refractivity contribution in [3.05, 3.63) is 93.0 Å². The van der Waals surface area contributed by atoms with E-state index in [1.54, 1.807) is 12.1 Å². The summed E-state index contributed by atoms with van der Waals surface area (Å²) in [5.74, 6) is 0.599. The van der Waals surface area contributed by atoms with Gasteiger partial charge in [0, 0.05) is 17.7 Å². The first-order valence-electron chi connectivity index (χ1n) is 9.29. The van der Waals surface area contributed by atoms with Crippen molar-refractivity contribution in [2.24, 2.45) is 0 Å². The molecular weight excluding hydrogens is 414 g/mol. The van der Waals surface area contributed by atoms with E-state index in [0.717, 1.165) is 33.5 Å². The van der Waals surface area contributed by atoms with Crippen LogP contribution in [0, 0.1) is 20.8 Å². The van der Waals surface area contributed by atoms with Crippen LogP contribution in [0.5, 0.6) is 5.75 Å². The van der Waals surface area contributed by atoms with Crippen molar-refractivity contribution in [2.45, 2.75) is 27.2 Å². The summed E-state index contributed by atoms with van der Waals surface area (Å²) in [5, 5.41) is 3.03. The van der Waals surface area contributed by atoms with E-state index in [2.05, 4.69) is 52.4 Å². The van der Waals surface area contributed by atoms with Crippen molar-refractivity contribution in [3.63, 3.8) is 0 Å². The molecule has 0 fully saturated rings. The molecule has 0 aliphatic carbocycles. The van der Waals surface area contributed by atoms with Crippen LogP contribution >= 0.6 is 15.9 Å². The SMILES string of the molecule is Cc1cc(C)c(NC(=O)c2ccc(OCCc3ccccc3)c(Br)c2)c(C)c1. The molecule has 0 aliphatic rings. The second kappa shape index (κ2) is 9.07. The van der Waals surface area contributed by atoms with E-state index < -0.39 is 0 Å². The van der Waals surface area contributed by atoms with Crippen LogP contribution in [-0.4, -0.2) is 12.5 Å². The zero-order valence-corrected chi connectivity index (χ0v) is 18.0. The highest BCUT2D eigenvalue weighted by Gasteiger charge is 2.12. The molecule has 0 atom stereocenters. The molecule has 0 spiro atoms. The third-order valence-corrected chi connectivity index (χ3v) is 5.22. The Bertz CT molecular complexity index is 960. The molecular formula is C24H24BrNO2. The summed E-state index contributed by atoms with van der Waals surface area (Å²) in [4.78, 5) is 12.7. The number of rotatable bonds is 6. The lowest BCUT2D eigenvalue weighted by Crippen LogP contribution is -2.14. The lowest BCUT2D eigenvalue weighted by molar-refractivity contribution is 0.102. The van der Waals surface area contributed by atoms with E-state index in [4.69, 9.17) is 4.74 Å². The average molecular weight is 438 g/mol. The second-order valence-corrected chi connectivity index (χ2v) is 7.81. The van der Waals surface area contributed by atoms with Gasteiger partial charge in [-0.2, -0.15) is 0 Å². The maximum atomic E-state index is 12.7. The van der Waals surface area contributed by atoms with Gasteiger partial charge in [0.25, 0.3) is 5.91 Å². The molecule has 3 rings (SSSR count). The fourth-order valence-electron chi connectivity index (χ4n) is 3.25. The van der Waals surface area contributed by atoms with Gasteiger partial charge in [-0.15, -0.1) is 0 Å². The van der Waals surface area contributed by atoms with E-state index in [1.165, 1.54) is 11.1 Å². The molecule has 0 bridgehead atoms. The van der Waals surface area contributed by atoms with E-state index in [9.17, 15) is 4.79 Å². The molecule has 0 heterocycles. The minimum absolute atomic E-state index is 0.133. The van der Waals surface area contributed by atoms with Gasteiger partial charge in [0.2, 0.25) is 0 Å². The highest BCUT2D eigenvalue weighted by Crippen LogP contribution is 2.28. The molecule has 4 heteroatoms. The number of carbonyl (C=O) groups is 1. The number of benzene rings is 3. The molecule has 3 aromatic rings. The number of ether oxygens (including phenoxy) is 1. The van der Waals surface area contributed by atoms with Crippen LogP contribution in [0.4, 0.5) is 5.69 Å². The van der Waals surface area contributed by atoms with E-state index in [-0.39, 0.29) is 5.91 Å². The fraction of sp³-hybridized carbons (Fsp3) is 0.208. The molecule has 0 radical (unpaired) electrons. The smallest absolute Gasteiger partial charge is 0.255 e. The summed E-state index contributed by atoms with van der Waals surface area (Å²) < 4.78 is 6.64. The van der Waals surface area contributed by atoms with Crippen LogP contribution in [0.1, 0.15) is 32.6 Å². The van der Waals surface area contributed by atoms with Crippen molar-refractivity contribution in [3.8, 4) is 5.75 Å². The number of aryl methyl sites for hydroxylation is 3. The Morgan fingerprint density at radius 3 is 2.29 bits per heavy atom. The highest BCUT2D eigenvalue weighted by molar-refractivity contribution is 9.10. The van der Waals surface area contributed by atoms with Crippen LogP contribution < -0.4 is 10.1 Å². The third-order valence-electron chi connectivity index (χ3n) is 4.60. The first-order chi connectivity index (χ1) is 13.4. The lowest BCUT2D eigenvalue weighted by atomic mass is 10.0. The quantitative estimate of drug-likeness (QED) is 0.494. The number of anilines is 1. The first-order valence-corrected chi connectivity index (χ1v) is 10.1. The molecule has 1 N–H and O–H groups in total. The van der Waals surface area contributed by atoms with Gasteiger partial charge in [-0.1, -0.05) is 48.0 Å². The Morgan fingerprint density at radius 1 is 0.964 bits per heavy atom. The van der Waals surface area contributed by atoms with Crippen molar-refractivity contribution in [2.75, 3.05) is 11.9 Å². The Hall–Kier alpha value is -2.59. The Balaban J connectivity index is 1.65. The Labute approximate surface area is 174 Å². The summed E-state index contributed by atoms with van der Waals surface area (Å²) in [6.07, 6.45) is 0.835. The topological polar surface area (TPSA) is 38.3 Å². The molecule has 0 aromatic heterocycles. The van der Waals surface area contributed by atoms with Crippen LogP contribution in [0.25, 0.3) is 0 Å². The summed E-state index contributed by atoms with van der Waals surface area (Å²) in [6, 6.07) is 19.8. The molecule has 28 heavy (non-hydrogen) atoms. The van der Waals surface area contributed by atoms with Gasteiger partial charge in [-0.25, -0.2) is 0 Å². The van der Waals surface area contributed by atoms with Gasteiger partial charge in [0.1, 0.15) is 5.75 Å². The molecule has 3 nitrogen and oxygen atoms in total. The van der Waals surface area contributed by atoms with Gasteiger partial charge in [0.05, 0.1) is 11.1 Å². The number of carbonyl (C=O) groups excluding carboxylic acids is 1. The Morgan fingerprint density at radius 2 is 1.64 bits per heavy atom. The molecule has 0 saturated heterocycles. The largest absolute Gasteiger partial charge is 0.492 e. The number of hydrogen-bond acceptors (Lipinski definition) is 2. The minimum atomic E-state index is -0.133. The predicted octanol–water partition coefficient (Wildman–Crippen LogP) is 6.25. The van der Waals surface area contributed by atoms with Crippen LogP contribution in [0.2, 0.25) is 0 Å². The van der Waals surface area contributed by atoms with Crippen molar-refractivity contribution in [1.29, 1.82) is 0 Å². The van der Waals surface area contributed by atoms with Gasteiger partial charge < -0.3 is 10.1 Å². The highest BCUT2D eigenvalue weighted by atomic mass is 79.9. The summed E-state index contributed by atoms with van der Waals surface area (Å²) in [6.45, 7) is 6.65. The standard InChI is InChI=1S/C24H24BrNO2/c1-16-13-17(2)23(18(3)14-16)26-24(27)20-9-10-22(21(25)15-20)28-12-11-19-7-5-4-6-8-19/h4-10,13-15H,11-12H2,1-3H3,(H,26,27). The molecule has 0 aliphatic heterocycles. The zero-order chi connectivity index (χ0) is 20.1. The molecule has 0 saturated carbocycles.